The van der Waals surface area contributed by atoms with Crippen LogP contribution in [-0.4, -0.2) is 20.8 Å². The molecule has 7 heteroatoms. The predicted molar refractivity (Wildman–Crippen MR) is 113 cm³/mol. The zero-order chi connectivity index (χ0) is 20.3. The molecule has 0 bridgehead atoms. The predicted octanol–water partition coefficient (Wildman–Crippen LogP) is 3.53. The molecular formula is C22H26N6O. The highest BCUT2D eigenvalue weighted by molar-refractivity contribution is 5.89. The molecule has 4 N–H and O–H groups in total. The fourth-order valence-electron chi connectivity index (χ4n) is 4.18. The average molecular weight is 390 g/mol. The summed E-state index contributed by atoms with van der Waals surface area (Å²) < 4.78 is 1.99. The van der Waals surface area contributed by atoms with Crippen LogP contribution in [0.5, 0.6) is 0 Å². The molecule has 29 heavy (non-hydrogen) atoms. The minimum Gasteiger partial charge on any atom is -0.326 e. The van der Waals surface area contributed by atoms with Gasteiger partial charge >= 0.3 is 6.03 Å². The third-order valence-electron chi connectivity index (χ3n) is 5.62. The second kappa shape index (κ2) is 8.05. The Morgan fingerprint density at radius 1 is 1.07 bits per heavy atom. The van der Waals surface area contributed by atoms with E-state index in [4.69, 9.17) is 5.73 Å². The number of para-hydroxylation sites is 1. The number of hydrogen-bond acceptors (Lipinski definition) is 4. The molecule has 0 unspecified atom stereocenters. The fraction of sp³-hybridized carbons (Fsp3) is 0.318. The van der Waals surface area contributed by atoms with E-state index in [2.05, 4.69) is 20.8 Å². The Morgan fingerprint density at radius 3 is 2.48 bits per heavy atom. The van der Waals surface area contributed by atoms with Gasteiger partial charge in [0.15, 0.2) is 11.6 Å². The Balaban J connectivity index is 1.64. The standard InChI is InChI=1S/C22H26N6O/c1-28-19(18-12-6-5-9-16(18)15-23)26-27-20(28)22(13-7-8-14-22)25-21(29)24-17-10-3-2-4-11-17/h2-6,9-12H,7-8,13-15,23H2,1H3,(H2,24,25,29). The number of amides is 2. The van der Waals surface area contributed by atoms with E-state index in [-0.39, 0.29) is 6.03 Å². The van der Waals surface area contributed by atoms with E-state index >= 15 is 0 Å². The Morgan fingerprint density at radius 2 is 1.76 bits per heavy atom. The summed E-state index contributed by atoms with van der Waals surface area (Å²) in [7, 11) is 1.95. The SMILES string of the molecule is Cn1c(-c2ccccc2CN)nnc1C1(NC(=O)Nc2ccccc2)CCCC1. The summed E-state index contributed by atoms with van der Waals surface area (Å²) in [5, 5.41) is 15.1. The number of rotatable bonds is 5. The van der Waals surface area contributed by atoms with E-state index in [9.17, 15) is 4.79 Å². The van der Waals surface area contributed by atoms with E-state index in [0.29, 0.717) is 6.54 Å². The highest BCUT2D eigenvalue weighted by Crippen LogP contribution is 2.39. The van der Waals surface area contributed by atoms with Crippen LogP contribution in [0.2, 0.25) is 0 Å². The lowest BCUT2D eigenvalue weighted by molar-refractivity contribution is 0.233. The quantitative estimate of drug-likeness (QED) is 0.621. The van der Waals surface area contributed by atoms with E-state index in [1.807, 2.05) is 66.2 Å². The molecule has 7 nitrogen and oxygen atoms in total. The van der Waals surface area contributed by atoms with Crippen LogP contribution in [0.15, 0.2) is 54.6 Å². The molecule has 1 aromatic heterocycles. The van der Waals surface area contributed by atoms with Crippen LogP contribution in [0.25, 0.3) is 11.4 Å². The molecule has 4 rings (SSSR count). The van der Waals surface area contributed by atoms with Crippen LogP contribution in [-0.2, 0) is 19.1 Å². The topological polar surface area (TPSA) is 97.9 Å². The van der Waals surface area contributed by atoms with Gasteiger partial charge in [-0.25, -0.2) is 4.79 Å². The lowest BCUT2D eigenvalue weighted by Crippen LogP contribution is -2.47. The van der Waals surface area contributed by atoms with Gasteiger partial charge in [0, 0.05) is 24.8 Å². The summed E-state index contributed by atoms with van der Waals surface area (Å²) in [5.41, 5.74) is 8.13. The molecular weight excluding hydrogens is 364 g/mol. The van der Waals surface area contributed by atoms with Crippen molar-refractivity contribution in [2.24, 2.45) is 12.8 Å². The number of nitrogens with one attached hydrogen (secondary N) is 2. The van der Waals surface area contributed by atoms with Gasteiger partial charge in [0.25, 0.3) is 0 Å². The summed E-state index contributed by atoms with van der Waals surface area (Å²) in [6.45, 7) is 0.432. The molecule has 3 aromatic rings. The Kier molecular flexibility index (Phi) is 5.31. The van der Waals surface area contributed by atoms with E-state index < -0.39 is 5.54 Å². The number of urea groups is 1. The third kappa shape index (κ3) is 3.73. The second-order valence-corrected chi connectivity index (χ2v) is 7.50. The Bertz CT molecular complexity index is 992. The molecule has 1 heterocycles. The zero-order valence-corrected chi connectivity index (χ0v) is 16.6. The summed E-state index contributed by atoms with van der Waals surface area (Å²) in [4.78, 5) is 12.7. The van der Waals surface area contributed by atoms with Crippen molar-refractivity contribution in [1.29, 1.82) is 0 Å². The van der Waals surface area contributed by atoms with Crippen LogP contribution in [0.3, 0.4) is 0 Å². The fourth-order valence-corrected chi connectivity index (χ4v) is 4.18. The van der Waals surface area contributed by atoms with Gasteiger partial charge in [-0.3, -0.25) is 0 Å². The maximum Gasteiger partial charge on any atom is 0.320 e. The van der Waals surface area contributed by atoms with Crippen molar-refractivity contribution in [3.05, 3.63) is 66.0 Å². The highest BCUT2D eigenvalue weighted by Gasteiger charge is 2.41. The average Bonchev–Trinajstić information content (AvgIpc) is 3.36. The number of nitrogens with two attached hydrogens (primary N) is 1. The summed E-state index contributed by atoms with van der Waals surface area (Å²) >= 11 is 0. The Hall–Kier alpha value is -3.19. The number of nitrogens with zero attached hydrogens (tertiary/aromatic N) is 3. The number of hydrogen-bond donors (Lipinski definition) is 3. The molecule has 2 amide bonds. The molecule has 0 spiro atoms. The molecule has 1 aliphatic carbocycles. The minimum absolute atomic E-state index is 0.231. The first-order valence-corrected chi connectivity index (χ1v) is 9.95. The molecule has 1 aliphatic rings. The van der Waals surface area contributed by atoms with Gasteiger partial charge in [0.2, 0.25) is 0 Å². The zero-order valence-electron chi connectivity index (χ0n) is 16.6. The van der Waals surface area contributed by atoms with Crippen LogP contribution in [0.4, 0.5) is 10.5 Å². The first-order chi connectivity index (χ1) is 14.1. The minimum atomic E-state index is -0.531. The van der Waals surface area contributed by atoms with Gasteiger partial charge in [-0.1, -0.05) is 55.3 Å². The van der Waals surface area contributed by atoms with Gasteiger partial charge in [-0.2, -0.15) is 0 Å². The van der Waals surface area contributed by atoms with Crippen LogP contribution < -0.4 is 16.4 Å². The van der Waals surface area contributed by atoms with Gasteiger partial charge in [0.05, 0.1) is 0 Å². The molecule has 0 radical (unpaired) electrons. The van der Waals surface area contributed by atoms with Crippen molar-refractivity contribution >= 4 is 11.7 Å². The summed E-state index contributed by atoms with van der Waals surface area (Å²) in [6, 6.07) is 17.2. The lowest BCUT2D eigenvalue weighted by Gasteiger charge is -2.29. The van der Waals surface area contributed by atoms with Crippen LogP contribution in [0.1, 0.15) is 37.1 Å². The highest BCUT2D eigenvalue weighted by atomic mass is 16.2. The van der Waals surface area contributed by atoms with Crippen LogP contribution >= 0.6 is 0 Å². The van der Waals surface area contributed by atoms with Crippen LogP contribution in [0, 0.1) is 0 Å². The Labute approximate surface area is 170 Å². The van der Waals surface area contributed by atoms with Crippen molar-refractivity contribution in [3.63, 3.8) is 0 Å². The molecule has 1 fully saturated rings. The van der Waals surface area contributed by atoms with Gasteiger partial charge in [-0.15, -0.1) is 10.2 Å². The normalized spacial score (nSPS) is 15.2. The van der Waals surface area contributed by atoms with Gasteiger partial charge in [-0.05, 0) is 30.5 Å². The summed E-state index contributed by atoms with van der Waals surface area (Å²) in [6.07, 6.45) is 3.74. The molecule has 150 valence electrons. The molecule has 1 saturated carbocycles. The molecule has 0 saturated heterocycles. The smallest absolute Gasteiger partial charge is 0.320 e. The third-order valence-corrected chi connectivity index (χ3v) is 5.62. The van der Waals surface area contributed by atoms with Crippen molar-refractivity contribution in [1.82, 2.24) is 20.1 Å². The van der Waals surface area contributed by atoms with E-state index in [1.165, 1.54) is 0 Å². The molecule has 0 atom stereocenters. The first-order valence-electron chi connectivity index (χ1n) is 9.95. The first kappa shape index (κ1) is 19.1. The largest absolute Gasteiger partial charge is 0.326 e. The second-order valence-electron chi connectivity index (χ2n) is 7.50. The molecule has 0 aliphatic heterocycles. The number of carbonyl (C=O) groups is 1. The van der Waals surface area contributed by atoms with Crippen molar-refractivity contribution < 1.29 is 4.79 Å². The lowest BCUT2D eigenvalue weighted by atomic mass is 9.96. The number of carbonyl (C=O) groups excluding carboxylic acids is 1. The monoisotopic (exact) mass is 390 g/mol. The van der Waals surface area contributed by atoms with Crippen molar-refractivity contribution in [2.45, 2.75) is 37.8 Å². The molecule has 2 aromatic carbocycles. The van der Waals surface area contributed by atoms with E-state index in [0.717, 1.165) is 54.1 Å². The number of benzene rings is 2. The van der Waals surface area contributed by atoms with Gasteiger partial charge in [0.1, 0.15) is 5.54 Å². The summed E-state index contributed by atoms with van der Waals surface area (Å²) in [5.74, 6) is 1.54. The van der Waals surface area contributed by atoms with E-state index in [1.54, 1.807) is 0 Å². The maximum absolute atomic E-state index is 12.7. The van der Waals surface area contributed by atoms with Crippen molar-refractivity contribution in [3.8, 4) is 11.4 Å². The van der Waals surface area contributed by atoms with Crippen molar-refractivity contribution in [2.75, 3.05) is 5.32 Å². The number of aromatic nitrogens is 3. The van der Waals surface area contributed by atoms with Gasteiger partial charge < -0.3 is 20.9 Å². The number of anilines is 1. The maximum atomic E-state index is 12.7.